The number of hydrogen-bond donors (Lipinski definition) is 1. The maximum Gasteiger partial charge on any atom is 1.00 e. The van der Waals surface area contributed by atoms with E-state index < -0.39 is 11.4 Å². The molecule has 0 aliphatic heterocycles. The van der Waals surface area contributed by atoms with Crippen LogP contribution in [0.1, 0.15) is 40.4 Å². The molecule has 1 saturated carbocycles. The maximum absolute atomic E-state index is 12.6. The maximum atomic E-state index is 12.6. The molecule has 138 valence electrons. The molecule has 6 nitrogen and oxygen atoms in total. The summed E-state index contributed by atoms with van der Waals surface area (Å²) in [5.41, 5.74) is 3.94. The first-order chi connectivity index (χ1) is 12.9. The number of carboxylic acids is 1. The topological polar surface area (TPSA) is 87.1 Å². The Morgan fingerprint density at radius 1 is 1.29 bits per heavy atom. The van der Waals surface area contributed by atoms with Gasteiger partial charge in [0.05, 0.1) is 17.0 Å². The Hall–Kier alpha value is -1.51. The first-order valence-corrected chi connectivity index (χ1v) is 8.97. The molecule has 1 N–H and O–H groups in total. The van der Waals surface area contributed by atoms with Crippen LogP contribution in [0.25, 0.3) is 22.0 Å². The van der Waals surface area contributed by atoms with Crippen molar-refractivity contribution in [1.82, 2.24) is 9.55 Å². The Kier molecular flexibility index (Phi) is 6.12. The third kappa shape index (κ3) is 3.57. The zero-order chi connectivity index (χ0) is 19.3. The second-order valence-corrected chi connectivity index (χ2v) is 7.07. The molecule has 0 radical (unpaired) electrons. The van der Waals surface area contributed by atoms with Gasteiger partial charge in [0, 0.05) is 36.4 Å². The number of carbonyl (C=O) groups excluding carboxylic acids is 1. The van der Waals surface area contributed by atoms with Gasteiger partial charge in [0.25, 0.3) is 0 Å². The van der Waals surface area contributed by atoms with E-state index in [1.54, 1.807) is 6.07 Å². The van der Waals surface area contributed by atoms with E-state index in [-0.39, 0.29) is 63.0 Å². The molecule has 1 aromatic carbocycles. The number of carboxylic acid groups (broad SMARTS) is 1. The third-order valence-electron chi connectivity index (χ3n) is 5.23. The number of aromatic carboxylic acids is 1. The number of aryl methyl sites for hydroxylation is 2. The molecule has 28 heavy (non-hydrogen) atoms. The molecule has 4 rings (SSSR count). The fraction of sp³-hybridized carbons (Fsp3) is 0.286. The summed E-state index contributed by atoms with van der Waals surface area (Å²) in [5.74, 6) is -0.605. The van der Waals surface area contributed by atoms with E-state index in [4.69, 9.17) is 0 Å². The van der Waals surface area contributed by atoms with Crippen LogP contribution >= 0.6 is 0 Å². The zero-order valence-electron chi connectivity index (χ0n) is 16.5. The number of nitrogens with one attached hydrogen (secondary N) is 1. The average molecular weight is 402 g/mol. The molecule has 1 aliphatic carbocycles. The molecule has 0 atom stereocenters. The average Bonchev–Trinajstić information content (AvgIpc) is 3.47. The van der Waals surface area contributed by atoms with Crippen molar-refractivity contribution in [2.24, 2.45) is 0 Å². The second-order valence-electron chi connectivity index (χ2n) is 7.07. The second kappa shape index (κ2) is 8.08. The van der Waals surface area contributed by atoms with E-state index in [2.05, 4.69) is 16.4 Å². The van der Waals surface area contributed by atoms with Gasteiger partial charge < -0.3 is 19.8 Å². The summed E-state index contributed by atoms with van der Waals surface area (Å²) < 4.78 is 1.93. The standard InChI is InChI=1S/C21H21N3O3.K/c1-11-8-13(9-23-20(11)22-3)15-6-7-16-18(12(15)2)24(14-4-5-14)10-17(19(16)25)21(26)27;/h6-10,14H,4-5H2,1-3H3,(H,22,23)(H,26,27);/q;+1/p-1. The molecule has 0 bridgehead atoms. The van der Waals surface area contributed by atoms with Crippen LogP contribution in [0, 0.1) is 13.8 Å². The molecule has 0 amide bonds. The van der Waals surface area contributed by atoms with Crippen LogP contribution in [0.2, 0.25) is 0 Å². The number of anilines is 1. The monoisotopic (exact) mass is 401 g/mol. The molecular formula is C21H20KN3O3. The number of rotatable bonds is 4. The van der Waals surface area contributed by atoms with Gasteiger partial charge >= 0.3 is 51.4 Å². The Morgan fingerprint density at radius 2 is 2.00 bits per heavy atom. The Labute approximate surface area is 205 Å². The van der Waals surface area contributed by atoms with E-state index in [1.807, 2.05) is 37.7 Å². The van der Waals surface area contributed by atoms with Gasteiger partial charge in [-0.1, -0.05) is 6.07 Å². The van der Waals surface area contributed by atoms with Crippen LogP contribution in [0.5, 0.6) is 0 Å². The Morgan fingerprint density at radius 3 is 2.57 bits per heavy atom. The number of fused-ring (bicyclic) bond motifs is 1. The SMILES string of the molecule is CNc1ncc(-c2ccc3c(=O)c(C(=O)[O-])cn(C4CC4)c3c2C)cc1C.[K+]. The fourth-order valence-corrected chi connectivity index (χ4v) is 3.71. The van der Waals surface area contributed by atoms with Gasteiger partial charge in [-0.2, -0.15) is 0 Å². The van der Waals surface area contributed by atoms with Gasteiger partial charge in [-0.25, -0.2) is 4.98 Å². The number of benzene rings is 1. The van der Waals surface area contributed by atoms with Crippen molar-refractivity contribution < 1.29 is 61.3 Å². The summed E-state index contributed by atoms with van der Waals surface area (Å²) in [6, 6.07) is 5.87. The molecule has 2 heterocycles. The van der Waals surface area contributed by atoms with Crippen molar-refractivity contribution in [3.63, 3.8) is 0 Å². The summed E-state index contributed by atoms with van der Waals surface area (Å²) in [5, 5.41) is 14.9. The first-order valence-electron chi connectivity index (χ1n) is 8.97. The number of pyridine rings is 2. The van der Waals surface area contributed by atoms with E-state index in [0.29, 0.717) is 5.39 Å². The van der Waals surface area contributed by atoms with Crippen LogP contribution in [0.4, 0.5) is 5.82 Å². The molecular weight excluding hydrogens is 381 g/mol. The summed E-state index contributed by atoms with van der Waals surface area (Å²) in [6.45, 7) is 3.96. The van der Waals surface area contributed by atoms with Gasteiger partial charge in [0.2, 0.25) is 0 Å². The number of nitrogens with zero attached hydrogens (tertiary/aromatic N) is 2. The molecule has 0 spiro atoms. The predicted octanol–water partition coefficient (Wildman–Crippen LogP) is -0.576. The number of hydrogen-bond acceptors (Lipinski definition) is 5. The molecule has 2 aromatic heterocycles. The van der Waals surface area contributed by atoms with Gasteiger partial charge in [-0.15, -0.1) is 0 Å². The van der Waals surface area contributed by atoms with Crippen molar-refractivity contribution in [3.05, 3.63) is 57.5 Å². The van der Waals surface area contributed by atoms with Crippen LogP contribution in [0.3, 0.4) is 0 Å². The van der Waals surface area contributed by atoms with Crippen LogP contribution in [-0.2, 0) is 0 Å². The van der Waals surface area contributed by atoms with Crippen LogP contribution < -0.4 is 67.2 Å². The fourth-order valence-electron chi connectivity index (χ4n) is 3.71. The summed E-state index contributed by atoms with van der Waals surface area (Å²) in [7, 11) is 1.83. The molecule has 0 saturated heterocycles. The smallest absolute Gasteiger partial charge is 0.545 e. The summed E-state index contributed by atoms with van der Waals surface area (Å²) in [4.78, 5) is 28.5. The molecule has 1 aliphatic rings. The molecule has 1 fully saturated rings. The van der Waals surface area contributed by atoms with E-state index in [1.165, 1.54) is 6.20 Å². The molecule has 3 aromatic rings. The van der Waals surface area contributed by atoms with Crippen LogP contribution in [-0.4, -0.2) is 22.6 Å². The number of aromatic nitrogens is 2. The minimum atomic E-state index is -1.43. The number of carbonyl (C=O) groups is 1. The van der Waals surface area contributed by atoms with Crippen LogP contribution in [0.15, 0.2) is 35.4 Å². The van der Waals surface area contributed by atoms with Gasteiger partial charge in [0.15, 0.2) is 5.43 Å². The first kappa shape index (κ1) is 21.2. The predicted molar refractivity (Wildman–Crippen MR) is 103 cm³/mol. The summed E-state index contributed by atoms with van der Waals surface area (Å²) in [6.07, 6.45) is 5.21. The van der Waals surface area contributed by atoms with Crippen molar-refractivity contribution in [3.8, 4) is 11.1 Å². The van der Waals surface area contributed by atoms with E-state index in [0.717, 1.165) is 46.4 Å². The quantitative estimate of drug-likeness (QED) is 0.592. The minimum Gasteiger partial charge on any atom is -0.545 e. The van der Waals surface area contributed by atoms with E-state index >= 15 is 0 Å². The minimum absolute atomic E-state index is 0. The van der Waals surface area contributed by atoms with Gasteiger partial charge in [-0.05, 0) is 55.5 Å². The molecule has 7 heteroatoms. The Balaban J connectivity index is 0.00000225. The normalized spacial score (nSPS) is 13.2. The van der Waals surface area contributed by atoms with E-state index in [9.17, 15) is 14.7 Å². The molecule has 0 unspecified atom stereocenters. The Bertz CT molecular complexity index is 1150. The summed E-state index contributed by atoms with van der Waals surface area (Å²) >= 11 is 0. The van der Waals surface area contributed by atoms with Crippen molar-refractivity contribution >= 4 is 22.7 Å². The largest absolute Gasteiger partial charge is 1.00 e. The third-order valence-corrected chi connectivity index (χ3v) is 5.23. The zero-order valence-corrected chi connectivity index (χ0v) is 19.6. The van der Waals surface area contributed by atoms with Crippen molar-refractivity contribution in [1.29, 1.82) is 0 Å². The van der Waals surface area contributed by atoms with Gasteiger partial charge in [0.1, 0.15) is 5.82 Å². The van der Waals surface area contributed by atoms with Gasteiger partial charge in [-0.3, -0.25) is 4.79 Å². The van der Waals surface area contributed by atoms with Crippen molar-refractivity contribution in [2.45, 2.75) is 32.7 Å². The van der Waals surface area contributed by atoms with Crippen molar-refractivity contribution in [2.75, 3.05) is 12.4 Å².